The summed E-state index contributed by atoms with van der Waals surface area (Å²) in [6.45, 7) is 1.70. The molecule has 57 heavy (non-hydrogen) atoms. The second kappa shape index (κ2) is 15.2. The number of hydrogen-bond acceptors (Lipinski definition) is 9. The van der Waals surface area contributed by atoms with Gasteiger partial charge in [-0.05, 0) is 83.8 Å². The zero-order chi connectivity index (χ0) is 40.2. The fourth-order valence-electron chi connectivity index (χ4n) is 7.99. The first kappa shape index (κ1) is 39.7. The number of amides is 2. The summed E-state index contributed by atoms with van der Waals surface area (Å²) in [6, 6.07) is 35.0. The van der Waals surface area contributed by atoms with Crippen molar-refractivity contribution in [1.82, 2.24) is 9.80 Å². The number of methoxy groups -OCH3 is 1. The van der Waals surface area contributed by atoms with E-state index in [9.17, 15) is 8.78 Å². The van der Waals surface area contributed by atoms with Gasteiger partial charge in [0.15, 0.2) is 9.74 Å². The van der Waals surface area contributed by atoms with Crippen LogP contribution in [0.25, 0.3) is 0 Å². The highest BCUT2D eigenvalue weighted by Crippen LogP contribution is 2.68. The van der Waals surface area contributed by atoms with Crippen molar-refractivity contribution in [1.29, 1.82) is 0 Å². The Morgan fingerprint density at radius 1 is 0.737 bits per heavy atom. The smallest absolute Gasteiger partial charge is 0.266 e. The molecule has 0 spiro atoms. The van der Waals surface area contributed by atoms with E-state index < -0.39 is 37.3 Å². The van der Waals surface area contributed by atoms with E-state index in [2.05, 4.69) is 0 Å². The van der Waals surface area contributed by atoms with Gasteiger partial charge in [0, 0.05) is 25.0 Å². The Bertz CT molecular complexity index is 2430. The minimum Gasteiger partial charge on any atom is -0.497 e. The van der Waals surface area contributed by atoms with Crippen LogP contribution >= 0.6 is 43.2 Å². The first-order valence-electron chi connectivity index (χ1n) is 17.9. The van der Waals surface area contributed by atoms with E-state index in [1.807, 2.05) is 24.3 Å². The number of carbonyl (C=O) groups excluding carboxylic acids is 2. The van der Waals surface area contributed by atoms with Crippen LogP contribution in [0, 0.1) is 11.6 Å². The van der Waals surface area contributed by atoms with Crippen molar-refractivity contribution >= 4 is 70.7 Å². The predicted molar refractivity (Wildman–Crippen MR) is 226 cm³/mol. The molecule has 3 aliphatic rings. The SMILES string of the molecule is COc1ccc([C@]23C[C@]4(SSCc5ccc(F)cc5)C(=O)N(C)[C@@](C)(SSCc5ccc(F)cc5)C(=O)N4[C@H]2N(S(=O)(=O)c2ccccc2)c2ccccc23)cc1. The van der Waals surface area contributed by atoms with E-state index in [1.54, 1.807) is 92.7 Å². The molecule has 0 radical (unpaired) electrons. The average Bonchev–Trinajstić information content (AvgIpc) is 3.69. The lowest BCUT2D eigenvalue weighted by molar-refractivity contribution is -0.163. The Balaban J connectivity index is 1.32. The summed E-state index contributed by atoms with van der Waals surface area (Å²) in [4.78, 5) is 31.3. The minimum absolute atomic E-state index is 0.0427. The second-order valence-electron chi connectivity index (χ2n) is 14.1. The molecule has 8 nitrogen and oxygen atoms in total. The van der Waals surface area contributed by atoms with Crippen LogP contribution in [0.1, 0.15) is 35.6 Å². The zero-order valence-electron chi connectivity index (χ0n) is 31.0. The van der Waals surface area contributed by atoms with Crippen molar-refractivity contribution in [3.8, 4) is 5.75 Å². The van der Waals surface area contributed by atoms with E-state index in [-0.39, 0.29) is 28.9 Å². The van der Waals surface area contributed by atoms with Crippen molar-refractivity contribution in [2.45, 2.75) is 51.1 Å². The van der Waals surface area contributed by atoms with E-state index in [0.29, 0.717) is 34.1 Å². The molecule has 0 aliphatic carbocycles. The molecule has 2 amide bonds. The zero-order valence-corrected chi connectivity index (χ0v) is 35.1. The van der Waals surface area contributed by atoms with Crippen LogP contribution in [0.5, 0.6) is 5.75 Å². The summed E-state index contributed by atoms with van der Waals surface area (Å²) in [7, 11) is 3.98. The minimum atomic E-state index is -4.36. The van der Waals surface area contributed by atoms with Crippen molar-refractivity contribution in [2.24, 2.45) is 0 Å². The van der Waals surface area contributed by atoms with Crippen LogP contribution in [0.2, 0.25) is 0 Å². The van der Waals surface area contributed by atoms with Gasteiger partial charge in [0.05, 0.1) is 23.1 Å². The summed E-state index contributed by atoms with van der Waals surface area (Å²) in [6.07, 6.45) is -1.16. The molecular formula is C42H37F2N3O5S5. The normalized spacial score (nSPS) is 24.0. The topological polar surface area (TPSA) is 87.2 Å². The van der Waals surface area contributed by atoms with Gasteiger partial charge in [-0.15, -0.1) is 0 Å². The fourth-order valence-corrected chi connectivity index (χ4v) is 15.6. The van der Waals surface area contributed by atoms with Gasteiger partial charge in [0.2, 0.25) is 0 Å². The lowest BCUT2D eigenvalue weighted by Crippen LogP contribution is -2.73. The van der Waals surface area contributed by atoms with Gasteiger partial charge in [0.25, 0.3) is 21.8 Å². The van der Waals surface area contributed by atoms with Crippen LogP contribution in [0.3, 0.4) is 0 Å². The Hall–Kier alpha value is -4.15. The molecule has 5 aromatic rings. The molecular weight excluding hydrogens is 825 g/mol. The average molecular weight is 862 g/mol. The number of benzene rings is 5. The highest BCUT2D eigenvalue weighted by atomic mass is 33.1. The number of hydrogen-bond donors (Lipinski definition) is 0. The van der Waals surface area contributed by atoms with Gasteiger partial charge in [0.1, 0.15) is 23.5 Å². The highest BCUT2D eigenvalue weighted by Gasteiger charge is 2.76. The maximum atomic E-state index is 15.8. The number of piperazine rings is 1. The third-order valence-electron chi connectivity index (χ3n) is 10.9. The van der Waals surface area contributed by atoms with Gasteiger partial charge < -0.3 is 9.64 Å². The van der Waals surface area contributed by atoms with Crippen LogP contribution < -0.4 is 9.04 Å². The van der Waals surface area contributed by atoms with E-state index in [0.717, 1.165) is 11.1 Å². The van der Waals surface area contributed by atoms with Crippen LogP contribution in [0.4, 0.5) is 14.5 Å². The first-order chi connectivity index (χ1) is 27.4. The van der Waals surface area contributed by atoms with Gasteiger partial charge >= 0.3 is 0 Å². The molecule has 3 heterocycles. The maximum Gasteiger partial charge on any atom is 0.266 e. The number of para-hydroxylation sites is 1. The number of nitrogens with zero attached hydrogens (tertiary/aromatic N) is 3. The largest absolute Gasteiger partial charge is 0.497 e. The van der Waals surface area contributed by atoms with E-state index >= 15 is 18.0 Å². The second-order valence-corrected chi connectivity index (χ2v) is 21.2. The molecule has 0 N–H and O–H groups in total. The number of halogens is 2. The third-order valence-corrected chi connectivity index (χ3v) is 18.6. The first-order valence-corrected chi connectivity index (χ1v) is 24.0. The van der Waals surface area contributed by atoms with Gasteiger partial charge in [-0.3, -0.25) is 14.5 Å². The number of fused-ring (bicyclic) bond motifs is 5. The maximum absolute atomic E-state index is 15.8. The number of ether oxygens (including phenoxy) is 1. The molecule has 3 aliphatic heterocycles. The Morgan fingerprint density at radius 3 is 1.89 bits per heavy atom. The molecule has 2 saturated heterocycles. The standard InChI is InChI=1S/C42H37F2N3O5S5/c1-40(55-53-25-28-13-19-31(43)20-14-28)38(48)46-37-41(30-17-23-33(52-3)24-18-30,27-42(46,39(49)45(40)2)56-54-26-29-15-21-32(44)22-16-29)35-11-7-8-12-36(35)47(37)57(50,51)34-9-5-4-6-10-34/h4-24,37H,25-27H2,1-3H3/t37-,40-,41-,42-/m0/s1. The molecule has 294 valence electrons. The van der Waals surface area contributed by atoms with Gasteiger partial charge in [-0.25, -0.2) is 21.5 Å². The fraction of sp³-hybridized carbons (Fsp3) is 0.238. The van der Waals surface area contributed by atoms with Crippen molar-refractivity contribution in [3.05, 3.63) is 161 Å². The Morgan fingerprint density at radius 2 is 1.30 bits per heavy atom. The summed E-state index contributed by atoms with van der Waals surface area (Å²) in [5.74, 6) is -0.116. The van der Waals surface area contributed by atoms with Crippen molar-refractivity contribution in [3.63, 3.8) is 0 Å². The summed E-state index contributed by atoms with van der Waals surface area (Å²) in [5, 5.41) is 0. The van der Waals surface area contributed by atoms with E-state index in [4.69, 9.17) is 4.74 Å². The number of carbonyl (C=O) groups is 2. The lowest BCUT2D eigenvalue weighted by atomic mass is 9.72. The van der Waals surface area contributed by atoms with Crippen LogP contribution in [-0.4, -0.2) is 60.1 Å². The van der Waals surface area contributed by atoms with Gasteiger partial charge in [-0.2, -0.15) is 0 Å². The monoisotopic (exact) mass is 861 g/mol. The third kappa shape index (κ3) is 6.49. The Kier molecular flexibility index (Phi) is 10.6. The molecule has 0 unspecified atom stereocenters. The highest BCUT2D eigenvalue weighted by molar-refractivity contribution is 8.77. The lowest BCUT2D eigenvalue weighted by Gasteiger charge is -2.53. The molecule has 5 aromatic carbocycles. The summed E-state index contributed by atoms with van der Waals surface area (Å²) < 4.78 is 64.8. The van der Waals surface area contributed by atoms with E-state index in [1.165, 1.54) is 88.8 Å². The summed E-state index contributed by atoms with van der Waals surface area (Å²) >= 11 is 0. The molecule has 4 atom stereocenters. The van der Waals surface area contributed by atoms with Crippen molar-refractivity contribution in [2.75, 3.05) is 18.5 Å². The van der Waals surface area contributed by atoms with Crippen LogP contribution in [-0.2, 0) is 36.5 Å². The van der Waals surface area contributed by atoms with Crippen LogP contribution in [0.15, 0.2) is 132 Å². The molecule has 0 saturated carbocycles. The molecule has 0 bridgehead atoms. The predicted octanol–water partition coefficient (Wildman–Crippen LogP) is 9.07. The number of anilines is 1. The van der Waals surface area contributed by atoms with Gasteiger partial charge in [-0.1, -0.05) is 116 Å². The molecule has 0 aromatic heterocycles. The Labute approximate surface area is 346 Å². The summed E-state index contributed by atoms with van der Waals surface area (Å²) in [5.41, 5.74) is 2.23. The molecule has 15 heteroatoms. The van der Waals surface area contributed by atoms with Crippen molar-refractivity contribution < 1.29 is 31.5 Å². The number of likely N-dealkylation sites (N-methyl/N-ethyl adjacent to an activating group) is 1. The number of rotatable bonds is 12. The quantitative estimate of drug-likeness (QED) is 0.114. The molecule has 2 fully saturated rings. The number of sulfonamides is 1. The molecule has 8 rings (SSSR count).